The van der Waals surface area contributed by atoms with E-state index in [1.807, 2.05) is 18.2 Å². The number of ether oxygens (including phenoxy) is 1. The fourth-order valence-electron chi connectivity index (χ4n) is 3.03. The summed E-state index contributed by atoms with van der Waals surface area (Å²) in [6.07, 6.45) is 1.46. The zero-order chi connectivity index (χ0) is 14.2. The Kier molecular flexibility index (Phi) is 3.52. The van der Waals surface area contributed by atoms with Gasteiger partial charge in [0.05, 0.1) is 23.7 Å². The van der Waals surface area contributed by atoms with Gasteiger partial charge in [-0.2, -0.15) is 0 Å². The van der Waals surface area contributed by atoms with Crippen LogP contribution >= 0.6 is 0 Å². The molecule has 1 saturated carbocycles. The maximum absolute atomic E-state index is 5.76. The lowest BCUT2D eigenvalue weighted by Gasteiger charge is -2.51. The summed E-state index contributed by atoms with van der Waals surface area (Å²) in [4.78, 5) is 7.95. The van der Waals surface area contributed by atoms with E-state index in [0.717, 1.165) is 36.4 Å². The van der Waals surface area contributed by atoms with Crippen molar-refractivity contribution in [3.8, 4) is 0 Å². The predicted molar refractivity (Wildman–Crippen MR) is 80.5 cm³/mol. The van der Waals surface area contributed by atoms with Gasteiger partial charge in [-0.05, 0) is 25.5 Å². The second-order valence-corrected chi connectivity index (χ2v) is 6.14. The Balaban J connectivity index is 1.60. The number of hydrogen-bond donors (Lipinski definition) is 2. The van der Waals surface area contributed by atoms with Crippen molar-refractivity contribution >= 4 is 11.0 Å². The fourth-order valence-corrected chi connectivity index (χ4v) is 3.03. The summed E-state index contributed by atoms with van der Waals surface area (Å²) in [5, 5.41) is 3.60. The number of hydrogen-bond acceptors (Lipinski definition) is 3. The van der Waals surface area contributed by atoms with Crippen molar-refractivity contribution in [1.29, 1.82) is 0 Å². The Hall–Kier alpha value is -1.39. The third-order valence-corrected chi connectivity index (χ3v) is 4.50. The van der Waals surface area contributed by atoms with Gasteiger partial charge in [-0.15, -0.1) is 0 Å². The first-order valence-corrected chi connectivity index (χ1v) is 7.40. The van der Waals surface area contributed by atoms with Crippen LogP contribution in [0.1, 0.15) is 33.0 Å². The molecule has 1 aromatic heterocycles. The van der Waals surface area contributed by atoms with Gasteiger partial charge >= 0.3 is 0 Å². The molecule has 2 unspecified atom stereocenters. The van der Waals surface area contributed by atoms with E-state index in [0.29, 0.717) is 12.1 Å². The van der Waals surface area contributed by atoms with Gasteiger partial charge in [0, 0.05) is 18.1 Å². The standard InChI is InChI=1S/C16H23N3O/c1-4-20-14-9-13(16(14,2)3)17-10-15-18-11-7-5-6-8-12(11)19-15/h5-8,13-14,17H,4,9-10H2,1-3H3,(H,18,19). The molecule has 1 heterocycles. The lowest BCUT2D eigenvalue weighted by atomic mass is 9.64. The smallest absolute Gasteiger partial charge is 0.121 e. The maximum atomic E-state index is 5.76. The molecular formula is C16H23N3O. The van der Waals surface area contributed by atoms with Crippen molar-refractivity contribution in [1.82, 2.24) is 15.3 Å². The first-order valence-electron chi connectivity index (χ1n) is 7.40. The van der Waals surface area contributed by atoms with E-state index in [1.165, 1.54) is 0 Å². The first kappa shape index (κ1) is 13.6. The second kappa shape index (κ2) is 5.19. The molecule has 0 radical (unpaired) electrons. The van der Waals surface area contributed by atoms with Crippen LogP contribution in [0.2, 0.25) is 0 Å². The van der Waals surface area contributed by atoms with Gasteiger partial charge in [0.15, 0.2) is 0 Å². The van der Waals surface area contributed by atoms with Crippen molar-refractivity contribution in [2.75, 3.05) is 6.61 Å². The number of aromatic amines is 1. The molecule has 4 nitrogen and oxygen atoms in total. The molecule has 1 aliphatic rings. The fraction of sp³-hybridized carbons (Fsp3) is 0.562. The highest BCUT2D eigenvalue weighted by atomic mass is 16.5. The van der Waals surface area contributed by atoms with Gasteiger partial charge in [-0.1, -0.05) is 26.0 Å². The highest BCUT2D eigenvalue weighted by molar-refractivity contribution is 5.74. The van der Waals surface area contributed by atoms with Crippen LogP contribution in [0.15, 0.2) is 24.3 Å². The summed E-state index contributed by atoms with van der Waals surface area (Å²) in [6, 6.07) is 8.63. The van der Waals surface area contributed by atoms with Crippen LogP contribution in [0.25, 0.3) is 11.0 Å². The summed E-state index contributed by atoms with van der Waals surface area (Å²) in [6.45, 7) is 8.18. The molecule has 108 valence electrons. The maximum Gasteiger partial charge on any atom is 0.121 e. The van der Waals surface area contributed by atoms with Crippen LogP contribution in [0.3, 0.4) is 0 Å². The summed E-state index contributed by atoms with van der Waals surface area (Å²) in [7, 11) is 0. The van der Waals surface area contributed by atoms with Gasteiger partial charge in [0.25, 0.3) is 0 Å². The molecule has 0 saturated heterocycles. The number of nitrogens with zero attached hydrogens (tertiary/aromatic N) is 1. The minimum absolute atomic E-state index is 0.196. The summed E-state index contributed by atoms with van der Waals surface area (Å²) < 4.78 is 5.76. The third kappa shape index (κ3) is 2.34. The SMILES string of the molecule is CCOC1CC(NCc2nc3ccccc3[nH]2)C1(C)C. The lowest BCUT2D eigenvalue weighted by Crippen LogP contribution is -2.60. The van der Waals surface area contributed by atoms with Crippen molar-refractivity contribution in [2.24, 2.45) is 5.41 Å². The van der Waals surface area contributed by atoms with Crippen LogP contribution in [0.5, 0.6) is 0 Å². The minimum atomic E-state index is 0.196. The molecule has 0 amide bonds. The van der Waals surface area contributed by atoms with E-state index < -0.39 is 0 Å². The van der Waals surface area contributed by atoms with E-state index in [-0.39, 0.29) is 5.41 Å². The Labute approximate surface area is 119 Å². The highest BCUT2D eigenvalue weighted by Gasteiger charge is 2.48. The molecule has 3 rings (SSSR count). The summed E-state index contributed by atoms with van der Waals surface area (Å²) in [5.74, 6) is 1.00. The van der Waals surface area contributed by atoms with Crippen molar-refractivity contribution < 1.29 is 4.74 Å². The highest BCUT2D eigenvalue weighted by Crippen LogP contribution is 2.42. The molecule has 0 spiro atoms. The van der Waals surface area contributed by atoms with Gasteiger partial charge in [0.2, 0.25) is 0 Å². The molecule has 1 aromatic carbocycles. The van der Waals surface area contributed by atoms with E-state index in [9.17, 15) is 0 Å². The number of imidazole rings is 1. The number of fused-ring (bicyclic) bond motifs is 1. The van der Waals surface area contributed by atoms with Gasteiger partial charge in [0.1, 0.15) is 5.82 Å². The monoisotopic (exact) mass is 273 g/mol. The summed E-state index contributed by atoms with van der Waals surface area (Å²) >= 11 is 0. The molecule has 4 heteroatoms. The number of benzene rings is 1. The van der Waals surface area contributed by atoms with Crippen LogP contribution in [-0.2, 0) is 11.3 Å². The number of rotatable bonds is 5. The van der Waals surface area contributed by atoms with Crippen molar-refractivity contribution in [3.05, 3.63) is 30.1 Å². The molecule has 2 atom stereocenters. The molecule has 2 aromatic rings. The quantitative estimate of drug-likeness (QED) is 0.880. The van der Waals surface area contributed by atoms with Gasteiger partial charge in [-0.3, -0.25) is 0 Å². The molecule has 0 bridgehead atoms. The van der Waals surface area contributed by atoms with Gasteiger partial charge < -0.3 is 15.0 Å². The topological polar surface area (TPSA) is 49.9 Å². The molecule has 2 N–H and O–H groups in total. The Bertz CT molecular complexity index is 557. The number of aromatic nitrogens is 2. The Morgan fingerprint density at radius 2 is 2.20 bits per heavy atom. The van der Waals surface area contributed by atoms with Crippen molar-refractivity contribution in [2.45, 2.75) is 45.9 Å². The lowest BCUT2D eigenvalue weighted by molar-refractivity contribution is -0.114. The number of H-pyrrole nitrogens is 1. The largest absolute Gasteiger partial charge is 0.378 e. The molecule has 0 aliphatic heterocycles. The Morgan fingerprint density at radius 3 is 2.90 bits per heavy atom. The van der Waals surface area contributed by atoms with Gasteiger partial charge in [-0.25, -0.2) is 4.98 Å². The van der Waals surface area contributed by atoms with Crippen LogP contribution in [0, 0.1) is 5.41 Å². The van der Waals surface area contributed by atoms with E-state index in [4.69, 9.17) is 4.74 Å². The predicted octanol–water partition coefficient (Wildman–Crippen LogP) is 2.86. The normalized spacial score (nSPS) is 24.8. The zero-order valence-electron chi connectivity index (χ0n) is 12.4. The first-order chi connectivity index (χ1) is 9.61. The number of nitrogens with one attached hydrogen (secondary N) is 2. The molecule has 20 heavy (non-hydrogen) atoms. The van der Waals surface area contributed by atoms with Crippen molar-refractivity contribution in [3.63, 3.8) is 0 Å². The zero-order valence-corrected chi connectivity index (χ0v) is 12.4. The van der Waals surface area contributed by atoms with E-state index >= 15 is 0 Å². The van der Waals surface area contributed by atoms with Crippen LogP contribution in [-0.4, -0.2) is 28.7 Å². The Morgan fingerprint density at radius 1 is 1.40 bits per heavy atom. The van der Waals surface area contributed by atoms with Crippen LogP contribution in [0.4, 0.5) is 0 Å². The third-order valence-electron chi connectivity index (χ3n) is 4.50. The molecule has 1 fully saturated rings. The average Bonchev–Trinajstić information content (AvgIpc) is 2.84. The minimum Gasteiger partial charge on any atom is -0.378 e. The average molecular weight is 273 g/mol. The summed E-state index contributed by atoms with van der Waals surface area (Å²) in [5.41, 5.74) is 2.33. The van der Waals surface area contributed by atoms with Crippen LogP contribution < -0.4 is 5.32 Å². The van der Waals surface area contributed by atoms with E-state index in [2.05, 4.69) is 42.1 Å². The van der Waals surface area contributed by atoms with E-state index in [1.54, 1.807) is 0 Å². The molecule has 1 aliphatic carbocycles. The molecular weight excluding hydrogens is 250 g/mol. The number of para-hydroxylation sites is 2. The second-order valence-electron chi connectivity index (χ2n) is 6.14.